The fourth-order valence-electron chi connectivity index (χ4n) is 2.87. The quantitative estimate of drug-likeness (QED) is 0.213. The van der Waals surface area contributed by atoms with Crippen LogP contribution in [0, 0.1) is 0 Å². The van der Waals surface area contributed by atoms with E-state index < -0.39 is 0 Å². The average Bonchev–Trinajstić information content (AvgIpc) is 2.59. The van der Waals surface area contributed by atoms with E-state index in [2.05, 4.69) is 31.3 Å². The van der Waals surface area contributed by atoms with E-state index in [4.69, 9.17) is 0 Å². The summed E-state index contributed by atoms with van der Waals surface area (Å²) in [4.78, 5) is 11.7. The van der Waals surface area contributed by atoms with E-state index >= 15 is 0 Å². The first-order chi connectivity index (χ1) is 11.8. The molecule has 24 heavy (non-hydrogen) atoms. The van der Waals surface area contributed by atoms with Crippen molar-refractivity contribution in [3.8, 4) is 0 Å². The molecule has 0 heterocycles. The molecule has 0 spiro atoms. The van der Waals surface area contributed by atoms with Gasteiger partial charge in [-0.3, -0.25) is 4.79 Å². The van der Waals surface area contributed by atoms with Crippen LogP contribution in [0.4, 0.5) is 0 Å². The number of amides is 1. The lowest BCUT2D eigenvalue weighted by molar-refractivity contribution is -0.121. The Labute approximate surface area is 151 Å². The van der Waals surface area contributed by atoms with E-state index in [0.717, 1.165) is 19.4 Å². The minimum Gasteiger partial charge on any atom is -0.356 e. The monoisotopic (exact) mass is 337 g/mol. The normalized spacial score (nSPS) is 11.2. The Morgan fingerprint density at radius 2 is 1.17 bits per heavy atom. The van der Waals surface area contributed by atoms with Crippen molar-refractivity contribution in [3.63, 3.8) is 0 Å². The average molecular weight is 338 g/mol. The van der Waals surface area contributed by atoms with Crippen LogP contribution in [0.15, 0.2) is 12.2 Å². The van der Waals surface area contributed by atoms with Crippen LogP contribution < -0.4 is 5.32 Å². The van der Waals surface area contributed by atoms with Crippen LogP contribution in [0.5, 0.6) is 0 Å². The van der Waals surface area contributed by atoms with E-state index in [1.54, 1.807) is 0 Å². The molecule has 1 amide bonds. The predicted molar refractivity (Wildman–Crippen MR) is 107 cm³/mol. The molecule has 0 aliphatic heterocycles. The summed E-state index contributed by atoms with van der Waals surface area (Å²) in [5.41, 5.74) is 0. The summed E-state index contributed by atoms with van der Waals surface area (Å²) in [6, 6.07) is 0. The Morgan fingerprint density at radius 1 is 0.667 bits per heavy atom. The van der Waals surface area contributed by atoms with Crippen molar-refractivity contribution in [1.29, 1.82) is 0 Å². The van der Waals surface area contributed by atoms with Gasteiger partial charge in [-0.05, 0) is 38.5 Å². The number of allylic oxidation sites excluding steroid dienone is 2. The van der Waals surface area contributed by atoms with Crippen molar-refractivity contribution in [2.45, 2.75) is 117 Å². The molecule has 0 aromatic rings. The highest BCUT2D eigenvalue weighted by atomic mass is 16.1. The summed E-state index contributed by atoms with van der Waals surface area (Å²) >= 11 is 0. The highest BCUT2D eigenvalue weighted by molar-refractivity contribution is 5.75. The second kappa shape index (κ2) is 20.3. The number of hydrogen-bond acceptors (Lipinski definition) is 1. The van der Waals surface area contributed by atoms with Crippen molar-refractivity contribution < 1.29 is 4.79 Å². The van der Waals surface area contributed by atoms with E-state index in [1.807, 2.05) is 0 Å². The second-order valence-electron chi connectivity index (χ2n) is 7.04. The lowest BCUT2D eigenvalue weighted by atomic mass is 10.1. The van der Waals surface area contributed by atoms with Gasteiger partial charge in [-0.15, -0.1) is 0 Å². The molecule has 1 N–H and O–H groups in total. The Morgan fingerprint density at radius 3 is 1.79 bits per heavy atom. The van der Waals surface area contributed by atoms with Crippen molar-refractivity contribution in [2.75, 3.05) is 6.54 Å². The molecule has 0 unspecified atom stereocenters. The fourth-order valence-corrected chi connectivity index (χ4v) is 2.87. The molecular weight excluding hydrogens is 294 g/mol. The molecule has 0 saturated carbocycles. The molecule has 0 radical (unpaired) electrons. The molecular formula is C22H43NO. The third-order valence-electron chi connectivity index (χ3n) is 4.52. The standard InChI is InChI=1S/C22H43NO/c1-3-5-7-9-10-11-12-13-14-15-16-17-18-20-22(24)23-21-19-8-6-4-2/h11-12H,3-10,13-21H2,1-2H3,(H,23,24)/b12-11-. The fraction of sp³-hybridized carbons (Fsp3) is 0.864. The zero-order valence-corrected chi connectivity index (χ0v) is 16.6. The Hall–Kier alpha value is -0.790. The van der Waals surface area contributed by atoms with Gasteiger partial charge in [0, 0.05) is 13.0 Å². The first kappa shape index (κ1) is 23.2. The molecule has 0 atom stereocenters. The molecule has 2 heteroatoms. The minimum atomic E-state index is 0.248. The Balaban J connectivity index is 3.18. The van der Waals surface area contributed by atoms with Gasteiger partial charge in [0.2, 0.25) is 5.91 Å². The van der Waals surface area contributed by atoms with Gasteiger partial charge in [-0.1, -0.05) is 83.8 Å². The van der Waals surface area contributed by atoms with Gasteiger partial charge < -0.3 is 5.32 Å². The van der Waals surface area contributed by atoms with Crippen LogP contribution in [0.2, 0.25) is 0 Å². The van der Waals surface area contributed by atoms with Crippen LogP contribution in [-0.2, 0) is 4.79 Å². The number of hydrogen-bond donors (Lipinski definition) is 1. The van der Waals surface area contributed by atoms with E-state index in [9.17, 15) is 4.79 Å². The number of carbonyl (C=O) groups is 1. The summed E-state index contributed by atoms with van der Waals surface area (Å²) in [5, 5.41) is 3.04. The van der Waals surface area contributed by atoms with Gasteiger partial charge in [0.15, 0.2) is 0 Å². The smallest absolute Gasteiger partial charge is 0.219 e. The third kappa shape index (κ3) is 19.3. The number of unbranched alkanes of at least 4 members (excludes halogenated alkanes) is 12. The van der Waals surface area contributed by atoms with E-state index in [-0.39, 0.29) is 5.91 Å². The van der Waals surface area contributed by atoms with Crippen molar-refractivity contribution in [3.05, 3.63) is 12.2 Å². The number of rotatable bonds is 18. The SMILES string of the molecule is CCCCCC/C=C\CCCCCCCC(=O)NCCCCCC. The summed E-state index contributed by atoms with van der Waals surface area (Å²) in [6.07, 6.45) is 24.4. The number of nitrogens with one attached hydrogen (secondary N) is 1. The van der Waals surface area contributed by atoms with E-state index in [0.29, 0.717) is 6.42 Å². The van der Waals surface area contributed by atoms with E-state index in [1.165, 1.54) is 83.5 Å². The van der Waals surface area contributed by atoms with Gasteiger partial charge in [0.05, 0.1) is 0 Å². The summed E-state index contributed by atoms with van der Waals surface area (Å²) in [6.45, 7) is 5.34. The van der Waals surface area contributed by atoms with Crippen LogP contribution in [0.3, 0.4) is 0 Å². The van der Waals surface area contributed by atoms with Gasteiger partial charge in [-0.2, -0.15) is 0 Å². The van der Waals surface area contributed by atoms with Crippen molar-refractivity contribution in [1.82, 2.24) is 5.32 Å². The highest BCUT2D eigenvalue weighted by Gasteiger charge is 2.00. The molecule has 0 aliphatic rings. The molecule has 0 rings (SSSR count). The molecule has 0 aromatic carbocycles. The lowest BCUT2D eigenvalue weighted by Gasteiger charge is -2.05. The maximum atomic E-state index is 11.7. The number of carbonyl (C=O) groups excluding carboxylic acids is 1. The maximum Gasteiger partial charge on any atom is 0.219 e. The van der Waals surface area contributed by atoms with Gasteiger partial charge in [0.25, 0.3) is 0 Å². The highest BCUT2D eigenvalue weighted by Crippen LogP contribution is 2.09. The first-order valence-corrected chi connectivity index (χ1v) is 10.7. The zero-order chi connectivity index (χ0) is 17.7. The maximum absolute atomic E-state index is 11.7. The van der Waals surface area contributed by atoms with Crippen LogP contribution >= 0.6 is 0 Å². The zero-order valence-electron chi connectivity index (χ0n) is 16.6. The van der Waals surface area contributed by atoms with Crippen molar-refractivity contribution in [2.24, 2.45) is 0 Å². The van der Waals surface area contributed by atoms with Crippen LogP contribution in [-0.4, -0.2) is 12.5 Å². The van der Waals surface area contributed by atoms with Gasteiger partial charge >= 0.3 is 0 Å². The van der Waals surface area contributed by atoms with Crippen LogP contribution in [0.1, 0.15) is 117 Å². The summed E-state index contributed by atoms with van der Waals surface area (Å²) in [7, 11) is 0. The second-order valence-corrected chi connectivity index (χ2v) is 7.04. The lowest BCUT2D eigenvalue weighted by Crippen LogP contribution is -2.23. The molecule has 2 nitrogen and oxygen atoms in total. The molecule has 0 saturated heterocycles. The molecule has 0 aliphatic carbocycles. The molecule has 142 valence electrons. The Kier molecular flexibility index (Phi) is 19.6. The summed E-state index contributed by atoms with van der Waals surface area (Å²) in [5.74, 6) is 0.248. The van der Waals surface area contributed by atoms with Crippen LogP contribution in [0.25, 0.3) is 0 Å². The first-order valence-electron chi connectivity index (χ1n) is 10.7. The molecule has 0 bridgehead atoms. The van der Waals surface area contributed by atoms with Gasteiger partial charge in [0.1, 0.15) is 0 Å². The summed E-state index contributed by atoms with van der Waals surface area (Å²) < 4.78 is 0. The minimum absolute atomic E-state index is 0.248. The van der Waals surface area contributed by atoms with Gasteiger partial charge in [-0.25, -0.2) is 0 Å². The Bertz CT molecular complexity index is 286. The molecule has 0 fully saturated rings. The third-order valence-corrected chi connectivity index (χ3v) is 4.52. The molecule has 0 aromatic heterocycles. The predicted octanol–water partition coefficient (Wildman–Crippen LogP) is 6.94. The topological polar surface area (TPSA) is 29.1 Å². The largest absolute Gasteiger partial charge is 0.356 e. The van der Waals surface area contributed by atoms with Crippen molar-refractivity contribution >= 4 is 5.91 Å².